The number of nitrogens with one attached hydrogen (secondary N) is 1. The van der Waals surface area contributed by atoms with Crippen molar-refractivity contribution in [2.45, 2.75) is 32.4 Å². The average molecular weight is 267 g/mol. The largest absolute Gasteiger partial charge is 0.491 e. The molecule has 0 aliphatic heterocycles. The maximum Gasteiger partial charge on any atom is 0.325 e. The summed E-state index contributed by atoms with van der Waals surface area (Å²) in [5, 5.41) is 20.9. The van der Waals surface area contributed by atoms with Crippen LogP contribution in [-0.2, 0) is 4.79 Å². The maximum absolute atomic E-state index is 11.3. The molecule has 5 heteroatoms. The summed E-state index contributed by atoms with van der Waals surface area (Å²) in [7, 11) is 0. The number of hydrogen-bond acceptors (Lipinski definition) is 4. The zero-order valence-electron chi connectivity index (χ0n) is 11.3. The smallest absolute Gasteiger partial charge is 0.325 e. The summed E-state index contributed by atoms with van der Waals surface area (Å²) in [4.78, 5) is 11.3. The van der Waals surface area contributed by atoms with E-state index in [2.05, 4.69) is 5.32 Å². The number of carboxylic acid groups (broad SMARTS) is 1. The standard InChI is InChI=1S/C14H21NO4/c1-10(2)19-12-6-3-5-11(9-12)13(14(17)18)15-7-4-8-16/h3,5-6,9-10,13,15-16H,4,7-8H2,1-2H3,(H,17,18). The van der Waals surface area contributed by atoms with E-state index in [4.69, 9.17) is 9.84 Å². The molecule has 1 rings (SSSR count). The predicted octanol–water partition coefficient (Wildman–Crippen LogP) is 1.57. The Kier molecular flexibility index (Phi) is 6.32. The fourth-order valence-electron chi connectivity index (χ4n) is 1.71. The topological polar surface area (TPSA) is 78.8 Å². The summed E-state index contributed by atoms with van der Waals surface area (Å²) in [5.74, 6) is -0.289. The molecule has 0 radical (unpaired) electrons. The van der Waals surface area contributed by atoms with Gasteiger partial charge in [-0.2, -0.15) is 0 Å². The fourth-order valence-corrected chi connectivity index (χ4v) is 1.71. The van der Waals surface area contributed by atoms with Gasteiger partial charge in [-0.15, -0.1) is 0 Å². The highest BCUT2D eigenvalue weighted by molar-refractivity contribution is 5.75. The van der Waals surface area contributed by atoms with Crippen molar-refractivity contribution in [1.82, 2.24) is 5.32 Å². The quantitative estimate of drug-likeness (QED) is 0.623. The molecule has 0 aliphatic rings. The van der Waals surface area contributed by atoms with Gasteiger partial charge in [0.15, 0.2) is 0 Å². The summed E-state index contributed by atoms with van der Waals surface area (Å²) in [5.41, 5.74) is 0.642. The third kappa shape index (κ3) is 5.28. The minimum atomic E-state index is -0.945. The first kappa shape index (κ1) is 15.5. The minimum Gasteiger partial charge on any atom is -0.491 e. The number of aliphatic hydroxyl groups is 1. The number of rotatable bonds is 8. The van der Waals surface area contributed by atoms with Crippen molar-refractivity contribution in [3.8, 4) is 5.75 Å². The highest BCUT2D eigenvalue weighted by Crippen LogP contribution is 2.20. The molecule has 106 valence electrons. The Morgan fingerprint density at radius 1 is 1.42 bits per heavy atom. The first-order valence-electron chi connectivity index (χ1n) is 6.38. The first-order chi connectivity index (χ1) is 9.04. The summed E-state index contributed by atoms with van der Waals surface area (Å²) in [6.45, 7) is 4.32. The second-order valence-corrected chi connectivity index (χ2v) is 4.54. The van der Waals surface area contributed by atoms with Crippen LogP contribution in [0.5, 0.6) is 5.75 Å². The first-order valence-corrected chi connectivity index (χ1v) is 6.38. The van der Waals surface area contributed by atoms with Gasteiger partial charge in [-0.05, 0) is 44.5 Å². The average Bonchev–Trinajstić information content (AvgIpc) is 2.33. The molecule has 1 aromatic rings. The monoisotopic (exact) mass is 267 g/mol. The Morgan fingerprint density at radius 3 is 2.74 bits per heavy atom. The molecule has 0 saturated heterocycles. The van der Waals surface area contributed by atoms with Crippen LogP contribution in [0.1, 0.15) is 31.9 Å². The Hall–Kier alpha value is -1.59. The van der Waals surface area contributed by atoms with E-state index in [1.54, 1.807) is 24.3 Å². The number of aliphatic carboxylic acids is 1. The Balaban J connectivity index is 2.80. The van der Waals surface area contributed by atoms with Gasteiger partial charge in [0.25, 0.3) is 0 Å². The van der Waals surface area contributed by atoms with Gasteiger partial charge in [0.1, 0.15) is 11.8 Å². The molecule has 1 atom stereocenters. The lowest BCUT2D eigenvalue weighted by Crippen LogP contribution is -2.29. The number of carbonyl (C=O) groups is 1. The highest BCUT2D eigenvalue weighted by atomic mass is 16.5. The molecule has 19 heavy (non-hydrogen) atoms. The van der Waals surface area contributed by atoms with Crippen LogP contribution >= 0.6 is 0 Å². The van der Waals surface area contributed by atoms with Gasteiger partial charge < -0.3 is 20.3 Å². The molecule has 0 bridgehead atoms. The molecular weight excluding hydrogens is 246 g/mol. The van der Waals surface area contributed by atoms with Gasteiger partial charge in [0.05, 0.1) is 6.10 Å². The maximum atomic E-state index is 11.3. The molecule has 0 amide bonds. The molecule has 0 fully saturated rings. The summed E-state index contributed by atoms with van der Waals surface area (Å²) >= 11 is 0. The fraction of sp³-hybridized carbons (Fsp3) is 0.500. The molecule has 0 heterocycles. The normalized spacial score (nSPS) is 12.4. The number of aliphatic hydroxyl groups excluding tert-OH is 1. The zero-order valence-corrected chi connectivity index (χ0v) is 11.3. The molecule has 0 saturated carbocycles. The van der Waals surface area contributed by atoms with Crippen LogP contribution < -0.4 is 10.1 Å². The van der Waals surface area contributed by atoms with E-state index in [1.807, 2.05) is 13.8 Å². The lowest BCUT2D eigenvalue weighted by atomic mass is 10.1. The van der Waals surface area contributed by atoms with Gasteiger partial charge >= 0.3 is 5.97 Å². The summed E-state index contributed by atoms with van der Waals surface area (Å²) in [6, 6.07) is 6.26. The van der Waals surface area contributed by atoms with Crippen LogP contribution in [-0.4, -0.2) is 35.4 Å². The molecule has 0 aliphatic carbocycles. The third-order valence-electron chi connectivity index (χ3n) is 2.49. The van der Waals surface area contributed by atoms with Crippen LogP contribution in [0.2, 0.25) is 0 Å². The summed E-state index contributed by atoms with van der Waals surface area (Å²) in [6.07, 6.45) is 0.562. The van der Waals surface area contributed by atoms with E-state index in [0.717, 1.165) is 0 Å². The van der Waals surface area contributed by atoms with Crippen molar-refractivity contribution in [3.05, 3.63) is 29.8 Å². The van der Waals surface area contributed by atoms with Crippen molar-refractivity contribution in [1.29, 1.82) is 0 Å². The van der Waals surface area contributed by atoms with Crippen molar-refractivity contribution in [2.75, 3.05) is 13.2 Å². The Labute approximate surface area is 113 Å². The molecule has 5 nitrogen and oxygen atoms in total. The number of benzene rings is 1. The van der Waals surface area contributed by atoms with Crippen LogP contribution in [0.3, 0.4) is 0 Å². The SMILES string of the molecule is CC(C)Oc1cccc(C(NCCCO)C(=O)O)c1. The van der Waals surface area contributed by atoms with Gasteiger partial charge in [-0.1, -0.05) is 12.1 Å². The van der Waals surface area contributed by atoms with Crippen molar-refractivity contribution < 1.29 is 19.7 Å². The number of carboxylic acids is 1. The van der Waals surface area contributed by atoms with Crippen molar-refractivity contribution in [3.63, 3.8) is 0 Å². The van der Waals surface area contributed by atoms with E-state index >= 15 is 0 Å². The van der Waals surface area contributed by atoms with Crippen LogP contribution in [0.25, 0.3) is 0 Å². The third-order valence-corrected chi connectivity index (χ3v) is 2.49. The van der Waals surface area contributed by atoms with Gasteiger partial charge in [0, 0.05) is 6.61 Å². The highest BCUT2D eigenvalue weighted by Gasteiger charge is 2.19. The second kappa shape index (κ2) is 7.76. The molecule has 1 unspecified atom stereocenters. The van der Waals surface area contributed by atoms with E-state index in [-0.39, 0.29) is 12.7 Å². The lowest BCUT2D eigenvalue weighted by Gasteiger charge is -2.16. The summed E-state index contributed by atoms with van der Waals surface area (Å²) < 4.78 is 5.55. The van der Waals surface area contributed by atoms with Crippen LogP contribution in [0, 0.1) is 0 Å². The number of hydrogen-bond donors (Lipinski definition) is 3. The van der Waals surface area contributed by atoms with Gasteiger partial charge in [-0.25, -0.2) is 0 Å². The second-order valence-electron chi connectivity index (χ2n) is 4.54. The lowest BCUT2D eigenvalue weighted by molar-refractivity contribution is -0.139. The molecule has 1 aromatic carbocycles. The van der Waals surface area contributed by atoms with Gasteiger partial charge in [0.2, 0.25) is 0 Å². The molecule has 0 spiro atoms. The van der Waals surface area contributed by atoms with Crippen molar-refractivity contribution >= 4 is 5.97 Å². The number of ether oxygens (including phenoxy) is 1. The molecule has 3 N–H and O–H groups in total. The molecule has 0 aromatic heterocycles. The van der Waals surface area contributed by atoms with Crippen molar-refractivity contribution in [2.24, 2.45) is 0 Å². The van der Waals surface area contributed by atoms with E-state index in [0.29, 0.717) is 24.3 Å². The van der Waals surface area contributed by atoms with Crippen LogP contribution in [0.15, 0.2) is 24.3 Å². The predicted molar refractivity (Wildman–Crippen MR) is 72.3 cm³/mol. The zero-order chi connectivity index (χ0) is 14.3. The Morgan fingerprint density at radius 2 is 2.16 bits per heavy atom. The molecular formula is C14H21NO4. The van der Waals surface area contributed by atoms with E-state index in [9.17, 15) is 9.90 Å². The van der Waals surface area contributed by atoms with Gasteiger partial charge in [-0.3, -0.25) is 4.79 Å². The van der Waals surface area contributed by atoms with Crippen LogP contribution in [0.4, 0.5) is 0 Å². The van der Waals surface area contributed by atoms with E-state index in [1.165, 1.54) is 0 Å². The minimum absolute atomic E-state index is 0.0375. The Bertz CT molecular complexity index is 406. The van der Waals surface area contributed by atoms with E-state index < -0.39 is 12.0 Å².